The van der Waals surface area contributed by atoms with Gasteiger partial charge in [-0.25, -0.2) is 0 Å². The first-order valence-electron chi connectivity index (χ1n) is 5.24. The molecule has 0 atom stereocenters. The van der Waals surface area contributed by atoms with Crippen LogP contribution in [-0.4, -0.2) is 0 Å². The molecule has 0 aliphatic rings. The van der Waals surface area contributed by atoms with E-state index in [-0.39, 0.29) is 0 Å². The molecule has 0 radical (unpaired) electrons. The molecule has 3 heteroatoms. The predicted octanol–water partition coefficient (Wildman–Crippen LogP) is 3.53. The van der Waals surface area contributed by atoms with E-state index in [0.29, 0.717) is 0 Å². The molecular formula is C13H14ClNO. The third kappa shape index (κ3) is 2.87. The van der Waals surface area contributed by atoms with Crippen molar-refractivity contribution in [3.63, 3.8) is 0 Å². The quantitative estimate of drug-likeness (QED) is 0.877. The van der Waals surface area contributed by atoms with Gasteiger partial charge in [-0.2, -0.15) is 0 Å². The van der Waals surface area contributed by atoms with Crippen LogP contribution in [0, 0.1) is 6.92 Å². The van der Waals surface area contributed by atoms with E-state index in [9.17, 15) is 0 Å². The molecule has 84 valence electrons. The lowest BCUT2D eigenvalue weighted by atomic mass is 10.1. The Kier molecular flexibility index (Phi) is 3.65. The molecule has 0 aliphatic carbocycles. The lowest BCUT2D eigenvalue weighted by molar-refractivity contribution is 0.483. The van der Waals surface area contributed by atoms with E-state index in [0.717, 1.165) is 23.9 Å². The average Bonchev–Trinajstić information content (AvgIpc) is 2.76. The van der Waals surface area contributed by atoms with Gasteiger partial charge in [-0.15, -0.1) is 0 Å². The van der Waals surface area contributed by atoms with Crippen LogP contribution in [-0.2, 0) is 13.1 Å². The van der Waals surface area contributed by atoms with Crippen LogP contribution >= 0.6 is 11.6 Å². The summed E-state index contributed by atoms with van der Waals surface area (Å²) in [6.45, 7) is 3.62. The second kappa shape index (κ2) is 5.19. The number of rotatable bonds is 4. The Labute approximate surface area is 100 Å². The molecule has 0 saturated heterocycles. The zero-order chi connectivity index (χ0) is 11.4. The molecule has 2 nitrogen and oxygen atoms in total. The first-order valence-corrected chi connectivity index (χ1v) is 5.61. The van der Waals surface area contributed by atoms with E-state index < -0.39 is 0 Å². The van der Waals surface area contributed by atoms with Gasteiger partial charge in [0.25, 0.3) is 0 Å². The number of furan rings is 1. The number of hydrogen-bond donors (Lipinski definition) is 1. The van der Waals surface area contributed by atoms with Crippen LogP contribution in [0.4, 0.5) is 0 Å². The Morgan fingerprint density at radius 1 is 1.25 bits per heavy atom. The minimum atomic E-state index is 0.735. The number of halogens is 1. The van der Waals surface area contributed by atoms with Gasteiger partial charge in [0, 0.05) is 11.6 Å². The SMILES string of the molecule is Cc1ccc(Cl)cc1CNCc1ccco1. The maximum absolute atomic E-state index is 5.95. The van der Waals surface area contributed by atoms with Crippen molar-refractivity contribution in [1.82, 2.24) is 5.32 Å². The normalized spacial score (nSPS) is 10.6. The Hall–Kier alpha value is -1.25. The molecule has 0 unspecified atom stereocenters. The molecular weight excluding hydrogens is 222 g/mol. The fraction of sp³-hybridized carbons (Fsp3) is 0.231. The van der Waals surface area contributed by atoms with Gasteiger partial charge in [-0.05, 0) is 42.3 Å². The molecule has 16 heavy (non-hydrogen) atoms. The summed E-state index contributed by atoms with van der Waals surface area (Å²) in [5, 5.41) is 4.10. The predicted molar refractivity (Wildman–Crippen MR) is 65.4 cm³/mol. The summed E-state index contributed by atoms with van der Waals surface area (Å²) in [6.07, 6.45) is 1.68. The molecule has 1 N–H and O–H groups in total. The highest BCUT2D eigenvalue weighted by molar-refractivity contribution is 6.30. The van der Waals surface area contributed by atoms with Crippen LogP contribution < -0.4 is 5.32 Å². The molecule has 1 aromatic carbocycles. The van der Waals surface area contributed by atoms with Crippen molar-refractivity contribution in [2.75, 3.05) is 0 Å². The molecule has 0 bridgehead atoms. The number of benzene rings is 1. The molecule has 2 rings (SSSR count). The molecule has 0 amide bonds. The van der Waals surface area contributed by atoms with Gasteiger partial charge >= 0.3 is 0 Å². The van der Waals surface area contributed by atoms with E-state index in [4.69, 9.17) is 16.0 Å². The van der Waals surface area contributed by atoms with Gasteiger partial charge in [-0.1, -0.05) is 17.7 Å². The van der Waals surface area contributed by atoms with Crippen LogP contribution in [0.5, 0.6) is 0 Å². The summed E-state index contributed by atoms with van der Waals surface area (Å²) in [4.78, 5) is 0. The highest BCUT2D eigenvalue weighted by Crippen LogP contribution is 2.15. The highest BCUT2D eigenvalue weighted by Gasteiger charge is 2.00. The van der Waals surface area contributed by atoms with E-state index >= 15 is 0 Å². The molecule has 2 aromatic rings. The van der Waals surface area contributed by atoms with Gasteiger partial charge in [0.05, 0.1) is 12.8 Å². The van der Waals surface area contributed by atoms with Gasteiger partial charge in [0.2, 0.25) is 0 Å². The van der Waals surface area contributed by atoms with Gasteiger partial charge in [0.1, 0.15) is 5.76 Å². The van der Waals surface area contributed by atoms with E-state index in [2.05, 4.69) is 12.2 Å². The molecule has 0 fully saturated rings. The maximum atomic E-state index is 5.95. The monoisotopic (exact) mass is 235 g/mol. The van der Waals surface area contributed by atoms with Gasteiger partial charge in [0.15, 0.2) is 0 Å². The summed E-state index contributed by atoms with van der Waals surface area (Å²) in [5.41, 5.74) is 2.47. The van der Waals surface area contributed by atoms with E-state index in [1.165, 1.54) is 11.1 Å². The zero-order valence-corrected chi connectivity index (χ0v) is 9.92. The van der Waals surface area contributed by atoms with E-state index in [1.54, 1.807) is 6.26 Å². The van der Waals surface area contributed by atoms with Crippen LogP contribution in [0.15, 0.2) is 41.0 Å². The maximum Gasteiger partial charge on any atom is 0.117 e. The van der Waals surface area contributed by atoms with Crippen LogP contribution in [0.3, 0.4) is 0 Å². The third-order valence-electron chi connectivity index (χ3n) is 2.51. The smallest absolute Gasteiger partial charge is 0.117 e. The van der Waals surface area contributed by atoms with Crippen molar-refractivity contribution in [3.8, 4) is 0 Å². The standard InChI is InChI=1S/C13H14ClNO/c1-10-4-5-12(14)7-11(10)8-15-9-13-3-2-6-16-13/h2-7,15H,8-9H2,1H3. The topological polar surface area (TPSA) is 25.2 Å². The van der Waals surface area contributed by atoms with Gasteiger partial charge in [-0.3, -0.25) is 0 Å². The third-order valence-corrected chi connectivity index (χ3v) is 2.74. The van der Waals surface area contributed by atoms with Crippen molar-refractivity contribution in [2.24, 2.45) is 0 Å². The summed E-state index contributed by atoms with van der Waals surface area (Å²) in [6, 6.07) is 9.78. The lowest BCUT2D eigenvalue weighted by Crippen LogP contribution is -2.12. The Morgan fingerprint density at radius 3 is 2.88 bits per heavy atom. The van der Waals surface area contributed by atoms with E-state index in [1.807, 2.05) is 30.3 Å². The largest absolute Gasteiger partial charge is 0.468 e. The van der Waals surface area contributed by atoms with Crippen molar-refractivity contribution in [1.29, 1.82) is 0 Å². The number of hydrogen-bond acceptors (Lipinski definition) is 2. The van der Waals surface area contributed by atoms with Gasteiger partial charge < -0.3 is 9.73 Å². The molecule has 1 heterocycles. The fourth-order valence-electron chi connectivity index (χ4n) is 1.56. The summed E-state index contributed by atoms with van der Waals surface area (Å²) < 4.78 is 5.24. The fourth-order valence-corrected chi connectivity index (χ4v) is 1.76. The summed E-state index contributed by atoms with van der Waals surface area (Å²) in [5.74, 6) is 0.944. The van der Waals surface area contributed by atoms with Crippen molar-refractivity contribution < 1.29 is 4.42 Å². The summed E-state index contributed by atoms with van der Waals surface area (Å²) in [7, 11) is 0. The number of aryl methyl sites for hydroxylation is 1. The zero-order valence-electron chi connectivity index (χ0n) is 9.16. The Bertz CT molecular complexity index is 451. The molecule has 0 saturated carbocycles. The minimum absolute atomic E-state index is 0.735. The summed E-state index contributed by atoms with van der Waals surface area (Å²) >= 11 is 5.95. The second-order valence-corrected chi connectivity index (χ2v) is 4.19. The lowest BCUT2D eigenvalue weighted by Gasteiger charge is -2.07. The Balaban J connectivity index is 1.92. The minimum Gasteiger partial charge on any atom is -0.468 e. The highest BCUT2D eigenvalue weighted by atomic mass is 35.5. The van der Waals surface area contributed by atoms with Crippen molar-refractivity contribution >= 4 is 11.6 Å². The molecule has 0 spiro atoms. The Morgan fingerprint density at radius 2 is 2.12 bits per heavy atom. The average molecular weight is 236 g/mol. The van der Waals surface area contributed by atoms with Crippen molar-refractivity contribution in [2.45, 2.75) is 20.0 Å². The van der Waals surface area contributed by atoms with Crippen LogP contribution in [0.2, 0.25) is 5.02 Å². The van der Waals surface area contributed by atoms with Crippen LogP contribution in [0.25, 0.3) is 0 Å². The number of nitrogens with one attached hydrogen (secondary N) is 1. The van der Waals surface area contributed by atoms with Crippen LogP contribution in [0.1, 0.15) is 16.9 Å². The first-order chi connectivity index (χ1) is 7.75. The molecule has 0 aliphatic heterocycles. The first kappa shape index (κ1) is 11.2. The molecule has 1 aromatic heterocycles. The second-order valence-electron chi connectivity index (χ2n) is 3.75. The van der Waals surface area contributed by atoms with Crippen molar-refractivity contribution in [3.05, 3.63) is 58.5 Å².